The summed E-state index contributed by atoms with van der Waals surface area (Å²) in [5, 5.41) is 8.62. The van der Waals surface area contributed by atoms with Crippen molar-refractivity contribution >= 4 is 17.6 Å². The Kier molecular flexibility index (Phi) is 2.89. The molecule has 5 nitrogen and oxygen atoms in total. The molecule has 0 unspecified atom stereocenters. The number of hydrogen-bond donors (Lipinski definition) is 2. The Morgan fingerprint density at radius 3 is 2.40 bits per heavy atom. The molecule has 80 valence electrons. The zero-order valence-electron chi connectivity index (χ0n) is 7.78. The van der Waals surface area contributed by atoms with Gasteiger partial charge in [-0.05, 0) is 12.1 Å². The fourth-order valence-corrected chi connectivity index (χ4v) is 1.06. The first-order valence-corrected chi connectivity index (χ1v) is 3.88. The van der Waals surface area contributed by atoms with Crippen LogP contribution in [0.2, 0.25) is 0 Å². The Labute approximate surface area is 84.3 Å². The Balaban J connectivity index is 3.41. The zero-order chi connectivity index (χ0) is 11.6. The summed E-state index contributed by atoms with van der Waals surface area (Å²) in [6.45, 7) is 0. The fraction of sp³-hybridized carbons (Fsp3) is 0.111. The topological polar surface area (TPSA) is 89.6 Å². The van der Waals surface area contributed by atoms with Crippen molar-refractivity contribution in [1.82, 2.24) is 0 Å². The molecule has 0 aliphatic carbocycles. The number of anilines is 1. The fourth-order valence-electron chi connectivity index (χ4n) is 1.06. The van der Waals surface area contributed by atoms with E-state index in [0.29, 0.717) is 0 Å². The number of aromatic carboxylic acids is 1. The summed E-state index contributed by atoms with van der Waals surface area (Å²) in [7, 11) is 1.06. The highest BCUT2D eigenvalue weighted by molar-refractivity contribution is 5.96. The molecule has 0 aliphatic heterocycles. The van der Waals surface area contributed by atoms with Crippen LogP contribution in [-0.2, 0) is 4.74 Å². The van der Waals surface area contributed by atoms with Gasteiger partial charge in [-0.15, -0.1) is 0 Å². The molecule has 0 radical (unpaired) electrons. The van der Waals surface area contributed by atoms with Gasteiger partial charge in [0.2, 0.25) is 0 Å². The molecule has 0 aromatic heterocycles. The number of halogens is 1. The van der Waals surface area contributed by atoms with E-state index >= 15 is 0 Å². The van der Waals surface area contributed by atoms with Gasteiger partial charge in [0.15, 0.2) is 5.82 Å². The molecule has 6 heteroatoms. The minimum atomic E-state index is -1.50. The highest BCUT2D eigenvalue weighted by Crippen LogP contribution is 2.18. The SMILES string of the molecule is COC(=O)c1cc(N)cc(C(=O)O)c1F. The van der Waals surface area contributed by atoms with Crippen LogP contribution < -0.4 is 5.73 Å². The average Bonchev–Trinajstić information content (AvgIpc) is 2.19. The van der Waals surface area contributed by atoms with Crippen LogP contribution in [0.4, 0.5) is 10.1 Å². The largest absolute Gasteiger partial charge is 0.478 e. The molecule has 3 N–H and O–H groups in total. The Bertz CT molecular complexity index is 430. The standard InChI is InChI=1S/C9H8FNO4/c1-15-9(14)6-3-4(11)2-5(7(6)10)8(12)13/h2-3H,11H2,1H3,(H,12,13). The van der Waals surface area contributed by atoms with Crippen molar-refractivity contribution in [2.75, 3.05) is 12.8 Å². The number of rotatable bonds is 2. The van der Waals surface area contributed by atoms with Gasteiger partial charge in [-0.2, -0.15) is 0 Å². The molecular weight excluding hydrogens is 205 g/mol. The van der Waals surface area contributed by atoms with Crippen molar-refractivity contribution in [1.29, 1.82) is 0 Å². The quantitative estimate of drug-likeness (QED) is 0.562. The number of carboxylic acid groups (broad SMARTS) is 1. The van der Waals surface area contributed by atoms with Crippen LogP contribution in [0.3, 0.4) is 0 Å². The molecule has 0 fully saturated rings. The van der Waals surface area contributed by atoms with Crippen LogP contribution in [-0.4, -0.2) is 24.2 Å². The predicted octanol–water partition coefficient (Wildman–Crippen LogP) is 0.893. The minimum absolute atomic E-state index is 0.0193. The number of ether oxygens (including phenoxy) is 1. The first-order chi connectivity index (χ1) is 6.97. The third kappa shape index (κ3) is 2.04. The van der Waals surface area contributed by atoms with E-state index in [1.807, 2.05) is 0 Å². The summed E-state index contributed by atoms with van der Waals surface area (Å²) < 4.78 is 17.7. The van der Waals surface area contributed by atoms with Crippen LogP contribution in [0.5, 0.6) is 0 Å². The van der Waals surface area contributed by atoms with Crippen LogP contribution >= 0.6 is 0 Å². The smallest absolute Gasteiger partial charge is 0.340 e. The first kappa shape index (κ1) is 11.0. The van der Waals surface area contributed by atoms with Crippen molar-refractivity contribution in [2.45, 2.75) is 0 Å². The number of nitrogens with two attached hydrogens (primary N) is 1. The van der Waals surface area contributed by atoms with Gasteiger partial charge in [0.05, 0.1) is 18.2 Å². The molecule has 0 heterocycles. The Hall–Kier alpha value is -2.11. The van der Waals surface area contributed by atoms with Gasteiger partial charge in [-0.3, -0.25) is 0 Å². The Morgan fingerprint density at radius 2 is 1.93 bits per heavy atom. The van der Waals surface area contributed by atoms with Gasteiger partial charge in [-0.1, -0.05) is 0 Å². The summed E-state index contributed by atoms with van der Waals surface area (Å²) >= 11 is 0. The molecule has 1 aromatic carbocycles. The van der Waals surface area contributed by atoms with E-state index in [4.69, 9.17) is 10.8 Å². The number of carbonyl (C=O) groups excluding carboxylic acids is 1. The van der Waals surface area contributed by atoms with E-state index in [1.165, 1.54) is 0 Å². The number of carboxylic acids is 1. The lowest BCUT2D eigenvalue weighted by Gasteiger charge is -2.05. The van der Waals surface area contributed by atoms with E-state index < -0.39 is 28.9 Å². The maximum Gasteiger partial charge on any atom is 0.340 e. The summed E-state index contributed by atoms with van der Waals surface area (Å²) in [6, 6.07) is 1.96. The summed E-state index contributed by atoms with van der Waals surface area (Å²) in [6.07, 6.45) is 0. The monoisotopic (exact) mass is 213 g/mol. The summed E-state index contributed by atoms with van der Waals surface area (Å²) in [5.74, 6) is -3.61. The maximum atomic E-state index is 13.4. The molecule has 15 heavy (non-hydrogen) atoms. The van der Waals surface area contributed by atoms with E-state index in [2.05, 4.69) is 4.74 Å². The Morgan fingerprint density at radius 1 is 1.40 bits per heavy atom. The third-order valence-corrected chi connectivity index (χ3v) is 1.73. The predicted molar refractivity (Wildman–Crippen MR) is 49.1 cm³/mol. The number of carbonyl (C=O) groups is 2. The molecule has 0 amide bonds. The van der Waals surface area contributed by atoms with Crippen molar-refractivity contribution in [3.63, 3.8) is 0 Å². The first-order valence-electron chi connectivity index (χ1n) is 3.88. The highest BCUT2D eigenvalue weighted by Gasteiger charge is 2.20. The lowest BCUT2D eigenvalue weighted by Crippen LogP contribution is -2.11. The second-order valence-electron chi connectivity index (χ2n) is 2.73. The second-order valence-corrected chi connectivity index (χ2v) is 2.73. The molecule has 0 aliphatic rings. The van der Waals surface area contributed by atoms with Crippen LogP contribution in [0.15, 0.2) is 12.1 Å². The van der Waals surface area contributed by atoms with Gasteiger partial charge in [0.1, 0.15) is 0 Å². The molecule has 1 aromatic rings. The maximum absolute atomic E-state index is 13.4. The van der Waals surface area contributed by atoms with Crippen LogP contribution in [0, 0.1) is 5.82 Å². The summed E-state index contributed by atoms with van der Waals surface area (Å²) in [4.78, 5) is 21.6. The molecule has 0 bridgehead atoms. The van der Waals surface area contributed by atoms with Gasteiger partial charge >= 0.3 is 11.9 Å². The van der Waals surface area contributed by atoms with Crippen molar-refractivity contribution in [3.05, 3.63) is 29.1 Å². The lowest BCUT2D eigenvalue weighted by atomic mass is 10.1. The molecule has 0 atom stereocenters. The number of methoxy groups -OCH3 is 1. The van der Waals surface area contributed by atoms with E-state index in [9.17, 15) is 14.0 Å². The van der Waals surface area contributed by atoms with Gasteiger partial charge in [0, 0.05) is 5.69 Å². The van der Waals surface area contributed by atoms with Crippen molar-refractivity contribution in [3.8, 4) is 0 Å². The van der Waals surface area contributed by atoms with Crippen LogP contribution in [0.1, 0.15) is 20.7 Å². The molecular formula is C9H8FNO4. The second kappa shape index (κ2) is 3.95. The number of hydrogen-bond acceptors (Lipinski definition) is 4. The number of nitrogen functional groups attached to an aromatic ring is 1. The van der Waals surface area contributed by atoms with Gasteiger partial charge in [0.25, 0.3) is 0 Å². The van der Waals surface area contributed by atoms with Crippen LogP contribution in [0.25, 0.3) is 0 Å². The molecule has 0 spiro atoms. The van der Waals surface area contributed by atoms with Gasteiger partial charge < -0.3 is 15.6 Å². The highest BCUT2D eigenvalue weighted by atomic mass is 19.1. The van der Waals surface area contributed by atoms with E-state index in [0.717, 1.165) is 19.2 Å². The normalized spacial score (nSPS) is 9.73. The average molecular weight is 213 g/mol. The van der Waals surface area contributed by atoms with Crippen molar-refractivity contribution in [2.24, 2.45) is 0 Å². The zero-order valence-corrected chi connectivity index (χ0v) is 7.78. The minimum Gasteiger partial charge on any atom is -0.478 e. The molecule has 0 saturated carbocycles. The molecule has 0 saturated heterocycles. The molecule has 1 rings (SSSR count). The van der Waals surface area contributed by atoms with E-state index in [1.54, 1.807) is 0 Å². The van der Waals surface area contributed by atoms with Crippen molar-refractivity contribution < 1.29 is 23.8 Å². The number of esters is 1. The lowest BCUT2D eigenvalue weighted by molar-refractivity contribution is 0.0595. The third-order valence-electron chi connectivity index (χ3n) is 1.73. The summed E-state index contributed by atoms with van der Waals surface area (Å²) in [5.41, 5.74) is 4.15. The number of benzene rings is 1. The van der Waals surface area contributed by atoms with Gasteiger partial charge in [-0.25, -0.2) is 14.0 Å². The van der Waals surface area contributed by atoms with E-state index in [-0.39, 0.29) is 5.69 Å².